The first-order valence-corrected chi connectivity index (χ1v) is 8.57. The standard InChI is InChI=1S/C21H21NO4/c1-14-17-10-6-7-11-18(17)26-19(14)21(24)25-15(2)20(23)22-13-12-16-8-4-3-5-9-16/h3-11,15H,12-13H2,1-2H3,(H,22,23)/t15-/m0/s1. The van der Waals surface area contributed by atoms with E-state index in [2.05, 4.69) is 5.32 Å². The van der Waals surface area contributed by atoms with Crippen molar-refractivity contribution in [2.24, 2.45) is 0 Å². The first-order chi connectivity index (χ1) is 12.6. The molecule has 2 aromatic carbocycles. The number of furan rings is 1. The van der Waals surface area contributed by atoms with Crippen molar-refractivity contribution in [1.82, 2.24) is 5.32 Å². The number of hydrogen-bond donors (Lipinski definition) is 1. The van der Waals surface area contributed by atoms with Crippen LogP contribution in [0.4, 0.5) is 0 Å². The summed E-state index contributed by atoms with van der Waals surface area (Å²) in [6.45, 7) is 3.83. The molecule has 5 heteroatoms. The highest BCUT2D eigenvalue weighted by Gasteiger charge is 2.23. The van der Waals surface area contributed by atoms with Crippen LogP contribution in [0.15, 0.2) is 59.0 Å². The predicted octanol–water partition coefficient (Wildman–Crippen LogP) is 3.65. The summed E-state index contributed by atoms with van der Waals surface area (Å²) in [6.07, 6.45) is -0.179. The summed E-state index contributed by atoms with van der Waals surface area (Å²) in [5.74, 6) is -0.831. The number of esters is 1. The van der Waals surface area contributed by atoms with Crippen molar-refractivity contribution >= 4 is 22.8 Å². The van der Waals surface area contributed by atoms with E-state index < -0.39 is 12.1 Å². The third-order valence-corrected chi connectivity index (χ3v) is 4.24. The van der Waals surface area contributed by atoms with E-state index in [9.17, 15) is 9.59 Å². The van der Waals surface area contributed by atoms with E-state index in [0.717, 1.165) is 17.4 Å². The summed E-state index contributed by atoms with van der Waals surface area (Å²) in [5.41, 5.74) is 2.47. The monoisotopic (exact) mass is 351 g/mol. The molecule has 1 amide bonds. The molecule has 0 aliphatic heterocycles. The second-order valence-electron chi connectivity index (χ2n) is 6.13. The van der Waals surface area contributed by atoms with Gasteiger partial charge in [-0.1, -0.05) is 48.5 Å². The third-order valence-electron chi connectivity index (χ3n) is 4.24. The van der Waals surface area contributed by atoms with Gasteiger partial charge in [0.05, 0.1) is 0 Å². The summed E-state index contributed by atoms with van der Waals surface area (Å²) in [5, 5.41) is 3.64. The first kappa shape index (κ1) is 17.7. The molecule has 0 radical (unpaired) electrons. The Morgan fingerprint density at radius 1 is 1.08 bits per heavy atom. The molecule has 3 aromatic rings. The smallest absolute Gasteiger partial charge is 0.375 e. The predicted molar refractivity (Wildman–Crippen MR) is 99.0 cm³/mol. The van der Waals surface area contributed by atoms with Crippen molar-refractivity contribution in [3.63, 3.8) is 0 Å². The highest BCUT2D eigenvalue weighted by Crippen LogP contribution is 2.25. The van der Waals surface area contributed by atoms with Crippen molar-refractivity contribution in [1.29, 1.82) is 0 Å². The summed E-state index contributed by atoms with van der Waals surface area (Å²) >= 11 is 0. The lowest BCUT2D eigenvalue weighted by atomic mass is 10.1. The minimum atomic E-state index is -0.897. The molecule has 0 aliphatic carbocycles. The van der Waals surface area contributed by atoms with Gasteiger partial charge in [0, 0.05) is 17.5 Å². The SMILES string of the molecule is Cc1c(C(=O)O[C@@H](C)C(=O)NCCc2ccccc2)oc2ccccc12. The van der Waals surface area contributed by atoms with Crippen LogP contribution in [-0.2, 0) is 16.0 Å². The summed E-state index contributed by atoms with van der Waals surface area (Å²) in [6, 6.07) is 17.2. The van der Waals surface area contributed by atoms with Gasteiger partial charge in [-0.25, -0.2) is 4.79 Å². The molecule has 0 fully saturated rings. The van der Waals surface area contributed by atoms with E-state index in [1.165, 1.54) is 0 Å². The third kappa shape index (κ3) is 3.94. The highest BCUT2D eigenvalue weighted by molar-refractivity contribution is 5.97. The maximum Gasteiger partial charge on any atom is 0.375 e. The number of amides is 1. The van der Waals surface area contributed by atoms with Gasteiger partial charge in [0.15, 0.2) is 6.10 Å². The number of para-hydroxylation sites is 1. The van der Waals surface area contributed by atoms with Crippen LogP contribution >= 0.6 is 0 Å². The van der Waals surface area contributed by atoms with E-state index in [-0.39, 0.29) is 11.7 Å². The molecule has 134 valence electrons. The van der Waals surface area contributed by atoms with Gasteiger partial charge in [-0.05, 0) is 31.9 Å². The van der Waals surface area contributed by atoms with Gasteiger partial charge in [-0.15, -0.1) is 0 Å². The Morgan fingerprint density at radius 2 is 1.77 bits per heavy atom. The van der Waals surface area contributed by atoms with Gasteiger partial charge in [0.2, 0.25) is 5.76 Å². The first-order valence-electron chi connectivity index (χ1n) is 8.57. The Hall–Kier alpha value is -3.08. The number of carbonyl (C=O) groups excluding carboxylic acids is 2. The Morgan fingerprint density at radius 3 is 2.50 bits per heavy atom. The van der Waals surface area contributed by atoms with Gasteiger partial charge >= 0.3 is 5.97 Å². The highest BCUT2D eigenvalue weighted by atomic mass is 16.6. The number of rotatable bonds is 6. The normalized spacial score (nSPS) is 11.9. The van der Waals surface area contributed by atoms with Crippen molar-refractivity contribution in [3.05, 3.63) is 71.5 Å². The number of nitrogens with one attached hydrogen (secondary N) is 1. The van der Waals surface area contributed by atoms with Crippen LogP contribution in [0, 0.1) is 6.92 Å². The summed E-state index contributed by atoms with van der Waals surface area (Å²) < 4.78 is 10.8. The zero-order valence-electron chi connectivity index (χ0n) is 14.8. The molecule has 1 N–H and O–H groups in total. The minimum Gasteiger partial charge on any atom is -0.449 e. The number of benzene rings is 2. The minimum absolute atomic E-state index is 0.134. The Balaban J connectivity index is 1.56. The van der Waals surface area contributed by atoms with Crippen molar-refractivity contribution in [3.8, 4) is 0 Å². The number of ether oxygens (including phenoxy) is 1. The molecule has 1 aromatic heterocycles. The lowest BCUT2D eigenvalue weighted by Crippen LogP contribution is -2.36. The van der Waals surface area contributed by atoms with Crippen LogP contribution in [0.25, 0.3) is 11.0 Å². The largest absolute Gasteiger partial charge is 0.449 e. The Bertz CT molecular complexity index is 914. The van der Waals surface area contributed by atoms with Gasteiger partial charge in [-0.3, -0.25) is 4.79 Å². The fourth-order valence-corrected chi connectivity index (χ4v) is 2.76. The van der Waals surface area contributed by atoms with E-state index in [1.807, 2.05) is 48.5 Å². The molecular weight excluding hydrogens is 330 g/mol. The number of fused-ring (bicyclic) bond motifs is 1. The Kier molecular flexibility index (Phi) is 5.37. The molecule has 0 saturated carbocycles. The number of carbonyl (C=O) groups is 2. The van der Waals surface area contributed by atoms with Crippen molar-refractivity contribution in [2.45, 2.75) is 26.4 Å². The molecule has 0 aliphatic rings. The maximum absolute atomic E-state index is 12.3. The van der Waals surface area contributed by atoms with E-state index >= 15 is 0 Å². The molecular formula is C21H21NO4. The molecule has 0 unspecified atom stereocenters. The quantitative estimate of drug-likeness (QED) is 0.689. The zero-order chi connectivity index (χ0) is 18.5. The van der Waals surface area contributed by atoms with E-state index in [4.69, 9.17) is 9.15 Å². The second kappa shape index (κ2) is 7.87. The topological polar surface area (TPSA) is 68.5 Å². The van der Waals surface area contributed by atoms with Crippen molar-refractivity contribution < 1.29 is 18.7 Å². The zero-order valence-corrected chi connectivity index (χ0v) is 14.8. The molecule has 0 saturated heterocycles. The summed E-state index contributed by atoms with van der Waals surface area (Å²) in [4.78, 5) is 24.5. The number of hydrogen-bond acceptors (Lipinski definition) is 4. The maximum atomic E-state index is 12.3. The summed E-state index contributed by atoms with van der Waals surface area (Å²) in [7, 11) is 0. The second-order valence-corrected chi connectivity index (χ2v) is 6.13. The van der Waals surface area contributed by atoms with Crippen LogP contribution in [0.1, 0.15) is 28.6 Å². The van der Waals surface area contributed by atoms with Crippen LogP contribution < -0.4 is 5.32 Å². The van der Waals surface area contributed by atoms with Gasteiger partial charge in [0.25, 0.3) is 5.91 Å². The molecule has 26 heavy (non-hydrogen) atoms. The van der Waals surface area contributed by atoms with E-state index in [1.54, 1.807) is 19.9 Å². The molecule has 5 nitrogen and oxygen atoms in total. The van der Waals surface area contributed by atoms with Gasteiger partial charge in [-0.2, -0.15) is 0 Å². The van der Waals surface area contributed by atoms with Gasteiger partial charge < -0.3 is 14.5 Å². The molecule has 1 atom stereocenters. The Labute approximate surface area is 152 Å². The molecule has 1 heterocycles. The van der Waals surface area contributed by atoms with Crippen LogP contribution in [0.3, 0.4) is 0 Å². The number of aryl methyl sites for hydroxylation is 1. The fourth-order valence-electron chi connectivity index (χ4n) is 2.76. The lowest BCUT2D eigenvalue weighted by molar-refractivity contribution is -0.129. The van der Waals surface area contributed by atoms with Crippen molar-refractivity contribution in [2.75, 3.05) is 6.54 Å². The molecule has 3 rings (SSSR count). The lowest BCUT2D eigenvalue weighted by Gasteiger charge is -2.13. The molecule has 0 spiro atoms. The average Bonchev–Trinajstić information content (AvgIpc) is 2.99. The van der Waals surface area contributed by atoms with E-state index in [0.29, 0.717) is 17.7 Å². The average molecular weight is 351 g/mol. The molecule has 0 bridgehead atoms. The fraction of sp³-hybridized carbons (Fsp3) is 0.238. The van der Waals surface area contributed by atoms with Gasteiger partial charge in [0.1, 0.15) is 5.58 Å². The van der Waals surface area contributed by atoms with Crippen LogP contribution in [0.5, 0.6) is 0 Å². The van der Waals surface area contributed by atoms with Crippen LogP contribution in [0.2, 0.25) is 0 Å². The van der Waals surface area contributed by atoms with Crippen LogP contribution in [-0.4, -0.2) is 24.5 Å².